The van der Waals surface area contributed by atoms with Crippen LogP contribution in [0.2, 0.25) is 0 Å². The van der Waals surface area contributed by atoms with Gasteiger partial charge in [-0.25, -0.2) is 0 Å². The van der Waals surface area contributed by atoms with Crippen LogP contribution < -0.4 is 15.4 Å². The molecule has 1 fully saturated rings. The number of halogens is 3. The van der Waals surface area contributed by atoms with Gasteiger partial charge in [0.05, 0.1) is 24.1 Å². The first kappa shape index (κ1) is 23.3. The molecule has 0 radical (unpaired) electrons. The number of carbonyl (C=O) groups is 2. The second-order valence-electron chi connectivity index (χ2n) is 6.71. The Hall–Kier alpha value is -3.34. The topological polar surface area (TPSA) is 92.2 Å². The van der Waals surface area contributed by atoms with E-state index in [2.05, 4.69) is 20.8 Å². The molecular formula is C21H19F3N4O3S. The summed E-state index contributed by atoms with van der Waals surface area (Å²) >= 11 is 0.990. The molecule has 1 saturated heterocycles. The highest BCUT2D eigenvalue weighted by atomic mass is 32.2. The molecule has 11 heteroatoms. The predicted octanol–water partition coefficient (Wildman–Crippen LogP) is 4.05. The summed E-state index contributed by atoms with van der Waals surface area (Å²) in [7, 11) is 1.56. The lowest BCUT2D eigenvalue weighted by Gasteiger charge is -2.14. The van der Waals surface area contributed by atoms with E-state index < -0.39 is 28.8 Å². The van der Waals surface area contributed by atoms with Gasteiger partial charge in [-0.2, -0.15) is 18.3 Å². The minimum atomic E-state index is -4.61. The van der Waals surface area contributed by atoms with Gasteiger partial charge < -0.3 is 15.4 Å². The van der Waals surface area contributed by atoms with Crippen LogP contribution in [-0.2, 0) is 15.8 Å². The third-order valence-electron chi connectivity index (χ3n) is 4.45. The van der Waals surface area contributed by atoms with Crippen molar-refractivity contribution in [2.75, 3.05) is 12.4 Å². The number of nitrogens with one attached hydrogen (secondary N) is 2. The molecule has 2 N–H and O–H groups in total. The van der Waals surface area contributed by atoms with Crippen LogP contribution in [0, 0.1) is 0 Å². The molecule has 0 unspecified atom stereocenters. The average Bonchev–Trinajstić information content (AvgIpc) is 3.10. The van der Waals surface area contributed by atoms with Crippen molar-refractivity contribution in [1.82, 2.24) is 5.32 Å². The van der Waals surface area contributed by atoms with Crippen LogP contribution in [-0.4, -0.2) is 35.1 Å². The van der Waals surface area contributed by atoms with E-state index in [-0.39, 0.29) is 17.3 Å². The number of nitrogens with zero attached hydrogens (tertiary/aromatic N) is 2. The lowest BCUT2D eigenvalue weighted by Crippen LogP contribution is -2.28. The van der Waals surface area contributed by atoms with Crippen LogP contribution in [0.3, 0.4) is 0 Å². The molecule has 7 nitrogen and oxygen atoms in total. The van der Waals surface area contributed by atoms with Crippen molar-refractivity contribution < 1.29 is 27.5 Å². The zero-order valence-corrected chi connectivity index (χ0v) is 17.9. The molecule has 1 aliphatic heterocycles. The summed E-state index contributed by atoms with van der Waals surface area (Å²) in [6.07, 6.45) is -4.92. The normalized spacial score (nSPS) is 17.9. The van der Waals surface area contributed by atoms with E-state index in [1.807, 2.05) is 12.1 Å². The van der Waals surface area contributed by atoms with Crippen LogP contribution in [0.4, 0.5) is 18.9 Å². The standard InChI is InChI=1S/C21H19F3N4O3S/c1-12(13-7-9-14(31-2)10-8-13)27-28-20-26-19(30)17(32-20)11-18(29)25-16-6-4-3-5-15(16)21(22,23)24/h3-10,17H,11H2,1-2H3,(H,25,29)(H,26,28,30)/b27-12-/t17-/m1/s1. The Morgan fingerprint density at radius 3 is 2.53 bits per heavy atom. The Morgan fingerprint density at radius 2 is 1.88 bits per heavy atom. The van der Waals surface area contributed by atoms with Crippen molar-refractivity contribution in [3.63, 3.8) is 0 Å². The maximum absolute atomic E-state index is 13.1. The molecule has 168 valence electrons. The molecule has 1 heterocycles. The lowest BCUT2D eigenvalue weighted by molar-refractivity contribution is -0.137. The molecule has 1 atom stereocenters. The number of hydrogen-bond donors (Lipinski definition) is 2. The Kier molecular flexibility index (Phi) is 7.18. The third kappa shape index (κ3) is 5.88. The third-order valence-corrected chi connectivity index (χ3v) is 5.52. The monoisotopic (exact) mass is 464 g/mol. The molecular weight excluding hydrogens is 445 g/mol. The quantitative estimate of drug-likeness (QED) is 0.498. The molecule has 0 spiro atoms. The number of hydrogen-bond acceptors (Lipinski definition) is 6. The van der Waals surface area contributed by atoms with Crippen LogP contribution in [0.1, 0.15) is 24.5 Å². The van der Waals surface area contributed by atoms with Gasteiger partial charge >= 0.3 is 6.18 Å². The number of thioether (sulfide) groups is 1. The molecule has 2 aromatic rings. The number of ether oxygens (including phenoxy) is 1. The molecule has 0 bridgehead atoms. The van der Waals surface area contributed by atoms with Crippen molar-refractivity contribution in [3.05, 3.63) is 59.7 Å². The van der Waals surface area contributed by atoms with Crippen LogP contribution >= 0.6 is 11.8 Å². The van der Waals surface area contributed by atoms with Crippen molar-refractivity contribution in [1.29, 1.82) is 0 Å². The van der Waals surface area contributed by atoms with Gasteiger partial charge in [0.25, 0.3) is 0 Å². The minimum Gasteiger partial charge on any atom is -0.497 e. The summed E-state index contributed by atoms with van der Waals surface area (Å²) in [4.78, 5) is 24.4. The second-order valence-corrected chi connectivity index (χ2v) is 7.90. The average molecular weight is 464 g/mol. The van der Waals surface area contributed by atoms with E-state index in [1.54, 1.807) is 26.2 Å². The molecule has 1 aliphatic rings. The summed E-state index contributed by atoms with van der Waals surface area (Å²) in [6.45, 7) is 1.75. The first-order valence-corrected chi connectivity index (χ1v) is 10.3. The van der Waals surface area contributed by atoms with Gasteiger partial charge in [-0.05, 0) is 48.9 Å². The van der Waals surface area contributed by atoms with Crippen molar-refractivity contribution >= 4 is 40.1 Å². The first-order valence-electron chi connectivity index (χ1n) is 9.37. The van der Waals surface area contributed by atoms with Crippen LogP contribution in [0.25, 0.3) is 0 Å². The predicted molar refractivity (Wildman–Crippen MR) is 117 cm³/mol. The van der Waals surface area contributed by atoms with Gasteiger partial charge in [0.15, 0.2) is 5.17 Å². The molecule has 3 rings (SSSR count). The molecule has 0 aromatic heterocycles. The highest BCUT2D eigenvalue weighted by molar-refractivity contribution is 8.15. The largest absolute Gasteiger partial charge is 0.497 e. The highest BCUT2D eigenvalue weighted by Gasteiger charge is 2.35. The summed E-state index contributed by atoms with van der Waals surface area (Å²) in [6, 6.07) is 11.8. The van der Waals surface area contributed by atoms with Crippen LogP contribution in [0.15, 0.2) is 58.7 Å². The highest BCUT2D eigenvalue weighted by Crippen LogP contribution is 2.34. The maximum Gasteiger partial charge on any atom is 0.418 e. The van der Waals surface area contributed by atoms with Crippen molar-refractivity contribution in [2.45, 2.75) is 24.8 Å². The first-order chi connectivity index (χ1) is 15.2. The Labute approximate surface area is 186 Å². The number of benzene rings is 2. The molecule has 2 amide bonds. The zero-order chi connectivity index (χ0) is 23.3. The smallest absolute Gasteiger partial charge is 0.418 e. The number of alkyl halides is 3. The number of anilines is 1. The fraction of sp³-hybridized carbons (Fsp3) is 0.238. The van der Waals surface area contributed by atoms with Gasteiger partial charge in [0.2, 0.25) is 11.8 Å². The second kappa shape index (κ2) is 9.86. The van der Waals surface area contributed by atoms with Gasteiger partial charge in [-0.1, -0.05) is 23.9 Å². The number of amidine groups is 1. The Morgan fingerprint density at radius 1 is 1.19 bits per heavy atom. The number of para-hydroxylation sites is 1. The Bertz CT molecular complexity index is 1070. The lowest BCUT2D eigenvalue weighted by atomic mass is 10.1. The maximum atomic E-state index is 13.1. The van der Waals surface area contributed by atoms with Crippen molar-refractivity contribution in [3.8, 4) is 5.75 Å². The van der Waals surface area contributed by atoms with E-state index >= 15 is 0 Å². The summed E-state index contributed by atoms with van der Waals surface area (Å²) in [5.41, 5.74) is 0.0909. The molecule has 0 aliphatic carbocycles. The van der Waals surface area contributed by atoms with Gasteiger partial charge in [0, 0.05) is 6.42 Å². The van der Waals surface area contributed by atoms with E-state index in [1.165, 1.54) is 12.1 Å². The zero-order valence-electron chi connectivity index (χ0n) is 17.1. The molecule has 32 heavy (non-hydrogen) atoms. The number of carbonyl (C=O) groups excluding carboxylic acids is 2. The number of rotatable bonds is 6. The SMILES string of the molecule is COc1ccc(/C(C)=N\N=C2/NC(=O)[C@@H](CC(=O)Nc3ccccc3C(F)(F)F)S2)cc1. The van der Waals surface area contributed by atoms with Gasteiger partial charge in [0.1, 0.15) is 11.0 Å². The van der Waals surface area contributed by atoms with E-state index in [0.717, 1.165) is 29.5 Å². The number of amides is 2. The fourth-order valence-electron chi connectivity index (χ4n) is 2.81. The van der Waals surface area contributed by atoms with Gasteiger partial charge in [-0.15, -0.1) is 5.10 Å². The van der Waals surface area contributed by atoms with E-state index in [0.29, 0.717) is 11.5 Å². The van der Waals surface area contributed by atoms with E-state index in [9.17, 15) is 22.8 Å². The van der Waals surface area contributed by atoms with Crippen molar-refractivity contribution in [2.24, 2.45) is 10.2 Å². The molecule has 0 saturated carbocycles. The van der Waals surface area contributed by atoms with Crippen LogP contribution in [0.5, 0.6) is 5.75 Å². The molecule has 2 aromatic carbocycles. The number of methoxy groups -OCH3 is 1. The fourth-order valence-corrected chi connectivity index (χ4v) is 3.72. The summed E-state index contributed by atoms with van der Waals surface area (Å²) < 4.78 is 44.3. The summed E-state index contributed by atoms with van der Waals surface area (Å²) in [5, 5.41) is 12.2. The Balaban J connectivity index is 1.63. The van der Waals surface area contributed by atoms with E-state index in [4.69, 9.17) is 4.74 Å². The minimum absolute atomic E-state index is 0.205. The van der Waals surface area contributed by atoms with Gasteiger partial charge in [-0.3, -0.25) is 9.59 Å². The summed E-state index contributed by atoms with van der Waals surface area (Å²) in [5.74, 6) is -0.482.